The van der Waals surface area contributed by atoms with Gasteiger partial charge in [-0.15, -0.1) is 0 Å². The van der Waals surface area contributed by atoms with E-state index in [0.29, 0.717) is 25.4 Å². The molecule has 1 aliphatic rings. The molecule has 2 heterocycles. The zero-order valence-corrected chi connectivity index (χ0v) is 13.5. The molecule has 0 bridgehead atoms. The summed E-state index contributed by atoms with van der Waals surface area (Å²) in [7, 11) is 1.64. The molecular weight excluding hydrogens is 270 g/mol. The van der Waals surface area contributed by atoms with Gasteiger partial charge >= 0.3 is 0 Å². The topological polar surface area (TPSA) is 56.6 Å². The quantitative estimate of drug-likeness (QED) is 0.849. The van der Waals surface area contributed by atoms with Crippen LogP contribution in [0, 0.1) is 0 Å². The summed E-state index contributed by atoms with van der Waals surface area (Å²) in [5.41, 5.74) is 0.107. The van der Waals surface area contributed by atoms with Gasteiger partial charge in [-0.1, -0.05) is 0 Å². The number of carbonyl (C=O) groups is 1. The number of methoxy groups -OCH3 is 1. The molecule has 0 radical (unpaired) electrons. The second-order valence-electron chi connectivity index (χ2n) is 6.42. The second-order valence-corrected chi connectivity index (χ2v) is 6.42. The van der Waals surface area contributed by atoms with E-state index in [1.54, 1.807) is 22.8 Å². The van der Waals surface area contributed by atoms with E-state index in [9.17, 15) is 4.79 Å². The fraction of sp³-hybridized carbons (Fsp3) is 0.733. The highest BCUT2D eigenvalue weighted by molar-refractivity contribution is 5.92. The normalized spacial score (nSPS) is 21.8. The molecule has 21 heavy (non-hydrogen) atoms. The van der Waals surface area contributed by atoms with Crippen LogP contribution in [0.2, 0.25) is 0 Å². The lowest BCUT2D eigenvalue weighted by Gasteiger charge is -2.42. The summed E-state index contributed by atoms with van der Waals surface area (Å²) in [6.07, 6.45) is 1.74. The van der Waals surface area contributed by atoms with Gasteiger partial charge in [0.2, 0.25) is 0 Å². The standard InChI is InChI=1S/C15H25N3O3/c1-11(2)18-7-6-13(16-18)14(19)17-8-12(9-20-5)21-15(3,4)10-17/h6-7,11-12H,8-10H2,1-5H3/t12-/m0/s1. The van der Waals surface area contributed by atoms with Gasteiger partial charge in [-0.2, -0.15) is 5.10 Å². The van der Waals surface area contributed by atoms with E-state index in [1.807, 2.05) is 33.9 Å². The van der Waals surface area contributed by atoms with Crippen LogP contribution in [0.25, 0.3) is 0 Å². The third-order valence-corrected chi connectivity index (χ3v) is 3.48. The maximum Gasteiger partial charge on any atom is 0.274 e. The summed E-state index contributed by atoms with van der Waals surface area (Å²) in [5, 5.41) is 4.36. The van der Waals surface area contributed by atoms with Gasteiger partial charge in [0.1, 0.15) is 5.69 Å². The van der Waals surface area contributed by atoms with Crippen LogP contribution in [-0.4, -0.2) is 59.1 Å². The molecule has 6 nitrogen and oxygen atoms in total. The third kappa shape index (κ3) is 3.83. The predicted octanol–water partition coefficient (Wildman–Crippen LogP) is 1.73. The predicted molar refractivity (Wildman–Crippen MR) is 79.3 cm³/mol. The maximum atomic E-state index is 12.6. The van der Waals surface area contributed by atoms with Crippen LogP contribution in [-0.2, 0) is 9.47 Å². The molecule has 6 heteroatoms. The molecule has 0 aliphatic carbocycles. The Bertz CT molecular complexity index is 496. The Balaban J connectivity index is 2.12. The molecule has 0 spiro atoms. The van der Waals surface area contributed by atoms with Crippen LogP contribution >= 0.6 is 0 Å². The van der Waals surface area contributed by atoms with E-state index in [4.69, 9.17) is 9.47 Å². The van der Waals surface area contributed by atoms with Gasteiger partial charge in [0, 0.05) is 32.4 Å². The zero-order chi connectivity index (χ0) is 15.6. The molecule has 0 N–H and O–H groups in total. The van der Waals surface area contributed by atoms with Gasteiger partial charge < -0.3 is 14.4 Å². The first-order valence-electron chi connectivity index (χ1n) is 7.33. The largest absolute Gasteiger partial charge is 0.382 e. The Morgan fingerprint density at radius 3 is 2.86 bits per heavy atom. The van der Waals surface area contributed by atoms with Crippen molar-refractivity contribution in [1.82, 2.24) is 14.7 Å². The van der Waals surface area contributed by atoms with Crippen molar-refractivity contribution in [2.45, 2.75) is 45.4 Å². The summed E-state index contributed by atoms with van der Waals surface area (Å²) in [5.74, 6) is -0.0492. The monoisotopic (exact) mass is 295 g/mol. The molecule has 0 unspecified atom stereocenters. The highest BCUT2D eigenvalue weighted by Gasteiger charge is 2.36. The van der Waals surface area contributed by atoms with E-state index in [2.05, 4.69) is 5.10 Å². The Labute approximate surface area is 126 Å². The molecule has 0 aromatic carbocycles. The van der Waals surface area contributed by atoms with Crippen molar-refractivity contribution in [2.24, 2.45) is 0 Å². The van der Waals surface area contributed by atoms with Crippen molar-refractivity contribution in [3.8, 4) is 0 Å². The van der Waals surface area contributed by atoms with E-state index in [-0.39, 0.29) is 23.7 Å². The third-order valence-electron chi connectivity index (χ3n) is 3.48. The minimum atomic E-state index is -0.377. The van der Waals surface area contributed by atoms with Crippen molar-refractivity contribution in [3.63, 3.8) is 0 Å². The molecular formula is C15H25N3O3. The molecule has 2 rings (SSSR count). The smallest absolute Gasteiger partial charge is 0.274 e. The van der Waals surface area contributed by atoms with Crippen LogP contribution in [0.5, 0.6) is 0 Å². The van der Waals surface area contributed by atoms with E-state index in [0.717, 1.165) is 0 Å². The van der Waals surface area contributed by atoms with Gasteiger partial charge in [0.15, 0.2) is 0 Å². The number of morpholine rings is 1. The SMILES string of the molecule is COC[C@@H]1CN(C(=O)c2ccn(C(C)C)n2)CC(C)(C)O1. The first-order chi connectivity index (χ1) is 9.82. The molecule has 1 amide bonds. The number of aromatic nitrogens is 2. The number of rotatable bonds is 4. The highest BCUT2D eigenvalue weighted by Crippen LogP contribution is 2.22. The van der Waals surface area contributed by atoms with Gasteiger partial charge in [0.05, 0.1) is 18.3 Å². The Kier molecular flexibility index (Phi) is 4.68. The van der Waals surface area contributed by atoms with Gasteiger partial charge in [-0.05, 0) is 33.8 Å². The second kappa shape index (κ2) is 6.15. The lowest BCUT2D eigenvalue weighted by atomic mass is 10.0. The number of carbonyl (C=O) groups excluding carboxylic acids is 1. The van der Waals surface area contributed by atoms with Crippen molar-refractivity contribution >= 4 is 5.91 Å². The highest BCUT2D eigenvalue weighted by atomic mass is 16.5. The van der Waals surface area contributed by atoms with Crippen LogP contribution in [0.4, 0.5) is 0 Å². The first-order valence-corrected chi connectivity index (χ1v) is 7.33. The molecule has 1 aliphatic heterocycles. The Morgan fingerprint density at radius 1 is 1.57 bits per heavy atom. The molecule has 1 saturated heterocycles. The van der Waals surface area contributed by atoms with E-state index >= 15 is 0 Å². The van der Waals surface area contributed by atoms with Crippen LogP contribution < -0.4 is 0 Å². The van der Waals surface area contributed by atoms with Gasteiger partial charge in [0.25, 0.3) is 5.91 Å². The molecule has 118 valence electrons. The van der Waals surface area contributed by atoms with Crippen molar-refractivity contribution in [2.75, 3.05) is 26.8 Å². The fourth-order valence-corrected chi connectivity index (χ4v) is 2.62. The average molecular weight is 295 g/mol. The van der Waals surface area contributed by atoms with Crippen LogP contribution in [0.15, 0.2) is 12.3 Å². The summed E-state index contributed by atoms with van der Waals surface area (Å²) in [6.45, 7) is 9.62. The van der Waals surface area contributed by atoms with E-state index in [1.165, 1.54) is 0 Å². The van der Waals surface area contributed by atoms with Gasteiger partial charge in [-0.25, -0.2) is 0 Å². The summed E-state index contributed by atoms with van der Waals surface area (Å²) >= 11 is 0. The maximum absolute atomic E-state index is 12.6. The summed E-state index contributed by atoms with van der Waals surface area (Å²) < 4.78 is 12.9. The van der Waals surface area contributed by atoms with Crippen LogP contribution in [0.1, 0.15) is 44.2 Å². The lowest BCUT2D eigenvalue weighted by molar-refractivity contribution is -0.143. The zero-order valence-electron chi connectivity index (χ0n) is 13.5. The van der Waals surface area contributed by atoms with Crippen LogP contribution in [0.3, 0.4) is 0 Å². The minimum Gasteiger partial charge on any atom is -0.382 e. The lowest BCUT2D eigenvalue weighted by Crippen LogP contribution is -2.55. The Hall–Kier alpha value is -1.40. The van der Waals surface area contributed by atoms with Crippen molar-refractivity contribution in [3.05, 3.63) is 18.0 Å². The molecule has 0 saturated carbocycles. The summed E-state index contributed by atoms with van der Waals surface area (Å²) in [6, 6.07) is 2.02. The molecule has 1 atom stereocenters. The number of ether oxygens (including phenoxy) is 2. The molecule has 1 aromatic rings. The van der Waals surface area contributed by atoms with Crippen molar-refractivity contribution in [1.29, 1.82) is 0 Å². The molecule has 1 aromatic heterocycles. The molecule has 1 fully saturated rings. The minimum absolute atomic E-state index is 0.0492. The Morgan fingerprint density at radius 2 is 2.29 bits per heavy atom. The van der Waals surface area contributed by atoms with Crippen molar-refractivity contribution < 1.29 is 14.3 Å². The first kappa shape index (κ1) is 16.0. The van der Waals surface area contributed by atoms with Gasteiger partial charge in [-0.3, -0.25) is 9.48 Å². The number of hydrogen-bond donors (Lipinski definition) is 0. The van der Waals surface area contributed by atoms with E-state index < -0.39 is 0 Å². The average Bonchev–Trinajstić information content (AvgIpc) is 2.86. The summed E-state index contributed by atoms with van der Waals surface area (Å²) in [4.78, 5) is 14.4. The number of hydrogen-bond acceptors (Lipinski definition) is 4. The number of amides is 1. The fourth-order valence-electron chi connectivity index (χ4n) is 2.62. The number of nitrogens with zero attached hydrogens (tertiary/aromatic N) is 3.